The molecule has 18 heavy (non-hydrogen) atoms. The third-order valence-electron chi connectivity index (χ3n) is 2.58. The molecule has 0 radical (unpaired) electrons. The molecule has 4 nitrogen and oxygen atoms in total. The largest absolute Gasteiger partial charge is 0.383 e. The Morgan fingerprint density at radius 3 is 2.72 bits per heavy atom. The van der Waals surface area contributed by atoms with Crippen molar-refractivity contribution in [2.75, 3.05) is 33.4 Å². The summed E-state index contributed by atoms with van der Waals surface area (Å²) in [6, 6.07) is 10.4. The molecule has 0 saturated carbocycles. The molecule has 2 N–H and O–H groups in total. The molecule has 0 spiro atoms. The van der Waals surface area contributed by atoms with Gasteiger partial charge >= 0.3 is 0 Å². The highest BCUT2D eigenvalue weighted by atomic mass is 16.5. The summed E-state index contributed by atoms with van der Waals surface area (Å²) in [5.41, 5.74) is 1.34. The molecule has 1 aromatic carbocycles. The lowest BCUT2D eigenvalue weighted by atomic mass is 10.1. The van der Waals surface area contributed by atoms with Gasteiger partial charge in [0.05, 0.1) is 13.2 Å². The second-order valence-corrected chi connectivity index (χ2v) is 4.11. The Morgan fingerprint density at radius 2 is 2.00 bits per heavy atom. The van der Waals surface area contributed by atoms with Crippen LogP contribution in [0.1, 0.15) is 12.0 Å². The second kappa shape index (κ2) is 9.62. The van der Waals surface area contributed by atoms with Gasteiger partial charge in [-0.25, -0.2) is 0 Å². The Labute approximate surface area is 109 Å². The average molecular weight is 250 g/mol. The van der Waals surface area contributed by atoms with E-state index >= 15 is 0 Å². The normalized spacial score (nSPS) is 10.3. The molecule has 0 aliphatic heterocycles. The molecular formula is C14H22N2O2. The summed E-state index contributed by atoms with van der Waals surface area (Å²) in [6.07, 6.45) is 2.08. The molecule has 0 bridgehead atoms. The minimum Gasteiger partial charge on any atom is -0.383 e. The van der Waals surface area contributed by atoms with Crippen molar-refractivity contribution in [2.24, 2.45) is 0 Å². The molecule has 0 fully saturated rings. The third kappa shape index (κ3) is 7.04. The van der Waals surface area contributed by atoms with E-state index in [0.717, 1.165) is 19.4 Å². The predicted molar refractivity (Wildman–Crippen MR) is 72.5 cm³/mol. The van der Waals surface area contributed by atoms with E-state index < -0.39 is 0 Å². The van der Waals surface area contributed by atoms with Crippen molar-refractivity contribution in [3.8, 4) is 0 Å². The number of carbonyl (C=O) groups excluding carboxylic acids is 1. The van der Waals surface area contributed by atoms with E-state index in [4.69, 9.17) is 4.74 Å². The lowest BCUT2D eigenvalue weighted by Gasteiger charge is -2.06. The van der Waals surface area contributed by atoms with Gasteiger partial charge in [-0.2, -0.15) is 0 Å². The zero-order valence-electron chi connectivity index (χ0n) is 10.9. The van der Waals surface area contributed by atoms with E-state index in [1.165, 1.54) is 5.56 Å². The summed E-state index contributed by atoms with van der Waals surface area (Å²) in [7, 11) is 1.62. The Hall–Kier alpha value is -1.39. The molecule has 0 aromatic heterocycles. The van der Waals surface area contributed by atoms with Gasteiger partial charge in [-0.1, -0.05) is 30.3 Å². The standard InChI is InChI=1S/C14H22N2O2/c1-18-11-10-16-14(17)12-15-9-5-8-13-6-3-2-4-7-13/h2-4,6-7,15H,5,8-12H2,1H3,(H,16,17). The molecule has 0 aliphatic carbocycles. The van der Waals surface area contributed by atoms with Gasteiger partial charge in [0.25, 0.3) is 0 Å². The quantitative estimate of drug-likeness (QED) is 0.642. The Morgan fingerprint density at radius 1 is 1.22 bits per heavy atom. The molecule has 1 amide bonds. The summed E-state index contributed by atoms with van der Waals surface area (Å²) in [4.78, 5) is 11.3. The number of hydrogen-bond acceptors (Lipinski definition) is 3. The maximum absolute atomic E-state index is 11.3. The number of benzene rings is 1. The fourth-order valence-electron chi connectivity index (χ4n) is 1.62. The van der Waals surface area contributed by atoms with Crippen molar-refractivity contribution in [3.63, 3.8) is 0 Å². The fraction of sp³-hybridized carbons (Fsp3) is 0.500. The maximum Gasteiger partial charge on any atom is 0.234 e. The summed E-state index contributed by atoms with van der Waals surface area (Å²) in [6.45, 7) is 2.35. The van der Waals surface area contributed by atoms with Crippen molar-refractivity contribution in [1.29, 1.82) is 0 Å². The molecule has 0 saturated heterocycles. The van der Waals surface area contributed by atoms with Gasteiger partial charge in [0.2, 0.25) is 5.91 Å². The summed E-state index contributed by atoms with van der Waals surface area (Å²) in [5, 5.41) is 5.90. The molecule has 4 heteroatoms. The van der Waals surface area contributed by atoms with Crippen LogP contribution in [0.2, 0.25) is 0 Å². The Balaban J connectivity index is 1.97. The number of nitrogens with one attached hydrogen (secondary N) is 2. The first-order chi connectivity index (χ1) is 8.83. The van der Waals surface area contributed by atoms with E-state index in [9.17, 15) is 4.79 Å². The SMILES string of the molecule is COCCNC(=O)CNCCCc1ccccc1. The molecule has 100 valence electrons. The van der Waals surface area contributed by atoms with Crippen molar-refractivity contribution < 1.29 is 9.53 Å². The molecule has 0 heterocycles. The van der Waals surface area contributed by atoms with Gasteiger partial charge in [0.1, 0.15) is 0 Å². The number of amides is 1. The first-order valence-corrected chi connectivity index (χ1v) is 6.33. The molecular weight excluding hydrogens is 228 g/mol. The predicted octanol–water partition coefficient (Wildman–Crippen LogP) is 0.971. The van der Waals surface area contributed by atoms with Gasteiger partial charge in [-0.05, 0) is 24.9 Å². The second-order valence-electron chi connectivity index (χ2n) is 4.11. The van der Waals surface area contributed by atoms with Crippen LogP contribution in [0.25, 0.3) is 0 Å². The number of ether oxygens (including phenoxy) is 1. The smallest absolute Gasteiger partial charge is 0.234 e. The Bertz CT molecular complexity index is 328. The van der Waals surface area contributed by atoms with Crippen LogP contribution in [0.15, 0.2) is 30.3 Å². The molecule has 0 unspecified atom stereocenters. The first-order valence-electron chi connectivity index (χ1n) is 6.33. The third-order valence-corrected chi connectivity index (χ3v) is 2.58. The van der Waals surface area contributed by atoms with Gasteiger partial charge in [-0.15, -0.1) is 0 Å². The minimum absolute atomic E-state index is 0.0201. The highest BCUT2D eigenvalue weighted by molar-refractivity contribution is 5.77. The van der Waals surface area contributed by atoms with Crippen molar-refractivity contribution in [1.82, 2.24) is 10.6 Å². The number of methoxy groups -OCH3 is 1. The lowest BCUT2D eigenvalue weighted by Crippen LogP contribution is -2.35. The maximum atomic E-state index is 11.3. The molecule has 1 rings (SSSR count). The van der Waals surface area contributed by atoms with Crippen molar-refractivity contribution in [2.45, 2.75) is 12.8 Å². The average Bonchev–Trinajstić information content (AvgIpc) is 2.40. The number of aryl methyl sites for hydroxylation is 1. The van der Waals surface area contributed by atoms with Crippen LogP contribution >= 0.6 is 0 Å². The van der Waals surface area contributed by atoms with Crippen LogP contribution in [0.3, 0.4) is 0 Å². The molecule has 0 atom stereocenters. The van der Waals surface area contributed by atoms with Crippen LogP contribution in [0, 0.1) is 0 Å². The zero-order chi connectivity index (χ0) is 13.1. The highest BCUT2D eigenvalue weighted by Crippen LogP contribution is 2.01. The van der Waals surface area contributed by atoms with Crippen LogP contribution in [0.5, 0.6) is 0 Å². The van der Waals surface area contributed by atoms with Crippen LogP contribution in [-0.4, -0.2) is 39.3 Å². The van der Waals surface area contributed by atoms with E-state index in [0.29, 0.717) is 19.7 Å². The summed E-state index contributed by atoms with van der Waals surface area (Å²) < 4.78 is 4.85. The number of rotatable bonds is 9. The lowest BCUT2D eigenvalue weighted by molar-refractivity contribution is -0.120. The summed E-state index contributed by atoms with van der Waals surface area (Å²) in [5.74, 6) is 0.0201. The van der Waals surface area contributed by atoms with Crippen LogP contribution in [-0.2, 0) is 16.0 Å². The van der Waals surface area contributed by atoms with Gasteiger partial charge < -0.3 is 15.4 Å². The molecule has 1 aromatic rings. The van der Waals surface area contributed by atoms with E-state index in [-0.39, 0.29) is 5.91 Å². The minimum atomic E-state index is 0.0201. The van der Waals surface area contributed by atoms with Crippen molar-refractivity contribution in [3.05, 3.63) is 35.9 Å². The van der Waals surface area contributed by atoms with Gasteiger partial charge in [0.15, 0.2) is 0 Å². The highest BCUT2D eigenvalue weighted by Gasteiger charge is 1.99. The zero-order valence-corrected chi connectivity index (χ0v) is 10.9. The summed E-state index contributed by atoms with van der Waals surface area (Å²) >= 11 is 0. The van der Waals surface area contributed by atoms with E-state index in [1.54, 1.807) is 7.11 Å². The first kappa shape index (κ1) is 14.7. The Kier molecular flexibility index (Phi) is 7.84. The monoisotopic (exact) mass is 250 g/mol. The van der Waals surface area contributed by atoms with E-state index in [2.05, 4.69) is 22.8 Å². The van der Waals surface area contributed by atoms with Crippen LogP contribution in [0.4, 0.5) is 0 Å². The van der Waals surface area contributed by atoms with Gasteiger partial charge in [-0.3, -0.25) is 4.79 Å². The van der Waals surface area contributed by atoms with E-state index in [1.807, 2.05) is 18.2 Å². The number of hydrogen-bond donors (Lipinski definition) is 2. The fourth-order valence-corrected chi connectivity index (χ4v) is 1.62. The topological polar surface area (TPSA) is 50.4 Å². The number of carbonyl (C=O) groups is 1. The van der Waals surface area contributed by atoms with Crippen molar-refractivity contribution >= 4 is 5.91 Å². The van der Waals surface area contributed by atoms with Crippen LogP contribution < -0.4 is 10.6 Å². The molecule has 0 aliphatic rings. The van der Waals surface area contributed by atoms with Gasteiger partial charge in [0, 0.05) is 13.7 Å².